The van der Waals surface area contributed by atoms with Gasteiger partial charge in [-0.3, -0.25) is 4.98 Å². The Morgan fingerprint density at radius 3 is 2.55 bits per heavy atom. The fourth-order valence-electron chi connectivity index (χ4n) is 1.30. The molecule has 108 valence electrons. The van der Waals surface area contributed by atoms with Gasteiger partial charge in [0.1, 0.15) is 0 Å². The Hall–Kier alpha value is -2.84. The van der Waals surface area contributed by atoms with E-state index in [1.165, 1.54) is 18.3 Å². The van der Waals surface area contributed by atoms with E-state index in [1.54, 1.807) is 0 Å². The second-order valence-corrected chi connectivity index (χ2v) is 3.74. The lowest BCUT2D eigenvalue weighted by atomic mass is 10.2. The summed E-state index contributed by atoms with van der Waals surface area (Å²) in [5.41, 5.74) is 5.37. The van der Waals surface area contributed by atoms with Gasteiger partial charge in [0.05, 0.1) is 17.8 Å². The molecule has 0 aliphatic carbocycles. The minimum absolute atomic E-state index is 0.0935. The molecule has 0 aliphatic heterocycles. The number of carboxylic acids is 1. The van der Waals surface area contributed by atoms with Gasteiger partial charge in [-0.15, -0.1) is 0 Å². The van der Waals surface area contributed by atoms with Crippen LogP contribution in [0.4, 0.5) is 9.59 Å². The Balaban J connectivity index is 2.32. The monoisotopic (exact) mass is 281 g/mol. The van der Waals surface area contributed by atoms with Gasteiger partial charge in [0.2, 0.25) is 0 Å². The van der Waals surface area contributed by atoms with E-state index in [-0.39, 0.29) is 25.2 Å². The number of aromatic carboxylic acids is 1. The third-order valence-electron chi connectivity index (χ3n) is 2.20. The number of aromatic nitrogens is 1. The van der Waals surface area contributed by atoms with Gasteiger partial charge in [0.15, 0.2) is 0 Å². The SMILES string of the molecule is NC(=O)NCCNC(=O)NCc1cc(C(=O)O)ccn1. The first-order valence-corrected chi connectivity index (χ1v) is 5.72. The van der Waals surface area contributed by atoms with Crippen LogP contribution in [0.2, 0.25) is 0 Å². The number of urea groups is 2. The summed E-state index contributed by atoms with van der Waals surface area (Å²) in [7, 11) is 0. The van der Waals surface area contributed by atoms with Gasteiger partial charge in [0.25, 0.3) is 0 Å². The number of primary amides is 1. The zero-order valence-corrected chi connectivity index (χ0v) is 10.5. The lowest BCUT2D eigenvalue weighted by molar-refractivity contribution is 0.0696. The van der Waals surface area contributed by atoms with E-state index in [9.17, 15) is 14.4 Å². The number of carbonyl (C=O) groups excluding carboxylic acids is 2. The highest BCUT2D eigenvalue weighted by Gasteiger charge is 2.05. The van der Waals surface area contributed by atoms with Gasteiger partial charge in [-0.25, -0.2) is 14.4 Å². The van der Waals surface area contributed by atoms with Crippen molar-refractivity contribution < 1.29 is 19.5 Å². The molecular weight excluding hydrogens is 266 g/mol. The first-order valence-electron chi connectivity index (χ1n) is 5.72. The highest BCUT2D eigenvalue weighted by atomic mass is 16.4. The van der Waals surface area contributed by atoms with Gasteiger partial charge < -0.3 is 26.8 Å². The maximum absolute atomic E-state index is 11.4. The number of pyridine rings is 1. The van der Waals surface area contributed by atoms with Crippen LogP contribution in [0.25, 0.3) is 0 Å². The molecule has 1 heterocycles. The molecule has 0 aliphatic rings. The van der Waals surface area contributed by atoms with Crippen LogP contribution in [0.5, 0.6) is 0 Å². The van der Waals surface area contributed by atoms with Crippen molar-refractivity contribution in [2.75, 3.05) is 13.1 Å². The van der Waals surface area contributed by atoms with Gasteiger partial charge in [-0.2, -0.15) is 0 Å². The molecule has 9 nitrogen and oxygen atoms in total. The molecule has 0 radical (unpaired) electrons. The average Bonchev–Trinajstić information content (AvgIpc) is 2.41. The van der Waals surface area contributed by atoms with E-state index in [0.717, 1.165) is 0 Å². The minimum atomic E-state index is -1.06. The second kappa shape index (κ2) is 7.56. The Labute approximate surface area is 114 Å². The van der Waals surface area contributed by atoms with Gasteiger partial charge in [-0.1, -0.05) is 0 Å². The molecular formula is C11H15N5O4. The van der Waals surface area contributed by atoms with Crippen LogP contribution in [-0.2, 0) is 6.54 Å². The summed E-state index contributed by atoms with van der Waals surface area (Å²) >= 11 is 0. The largest absolute Gasteiger partial charge is 0.478 e. The molecule has 0 aromatic carbocycles. The van der Waals surface area contributed by atoms with E-state index in [2.05, 4.69) is 20.9 Å². The standard InChI is InChI=1S/C11H15N5O4/c12-10(19)14-3-4-15-11(20)16-6-8-5-7(9(17)18)1-2-13-8/h1-2,5H,3-4,6H2,(H,17,18)(H3,12,14,19)(H2,15,16,20). The number of carboxylic acid groups (broad SMARTS) is 1. The molecule has 6 N–H and O–H groups in total. The summed E-state index contributed by atoms with van der Waals surface area (Å²) in [6.07, 6.45) is 1.36. The third kappa shape index (κ3) is 5.67. The number of hydrogen-bond donors (Lipinski definition) is 5. The number of nitrogens with two attached hydrogens (primary N) is 1. The number of hydrogen-bond acceptors (Lipinski definition) is 4. The van der Waals surface area contributed by atoms with Crippen LogP contribution in [0.1, 0.15) is 16.1 Å². The highest BCUT2D eigenvalue weighted by Crippen LogP contribution is 2.01. The first-order chi connectivity index (χ1) is 9.49. The van der Waals surface area contributed by atoms with Crippen molar-refractivity contribution >= 4 is 18.0 Å². The number of rotatable bonds is 6. The van der Waals surface area contributed by atoms with Gasteiger partial charge in [0, 0.05) is 19.3 Å². The van der Waals surface area contributed by atoms with Crippen molar-refractivity contribution in [1.82, 2.24) is 20.9 Å². The average molecular weight is 281 g/mol. The fourth-order valence-corrected chi connectivity index (χ4v) is 1.30. The molecule has 0 saturated heterocycles. The number of carbonyl (C=O) groups is 3. The molecule has 0 unspecified atom stereocenters. The Morgan fingerprint density at radius 2 is 1.90 bits per heavy atom. The molecule has 1 aromatic rings. The number of nitrogens with one attached hydrogen (secondary N) is 3. The van der Waals surface area contributed by atoms with Gasteiger partial charge >= 0.3 is 18.0 Å². The first kappa shape index (κ1) is 15.2. The molecule has 1 rings (SSSR count). The highest BCUT2D eigenvalue weighted by molar-refractivity contribution is 5.87. The zero-order chi connectivity index (χ0) is 15.0. The van der Waals surface area contributed by atoms with Crippen molar-refractivity contribution in [3.05, 3.63) is 29.6 Å². The van der Waals surface area contributed by atoms with Crippen LogP contribution in [0.15, 0.2) is 18.3 Å². The maximum atomic E-state index is 11.4. The van der Waals surface area contributed by atoms with Crippen LogP contribution in [0, 0.1) is 0 Å². The summed E-state index contributed by atoms with van der Waals surface area (Å²) < 4.78 is 0. The van der Waals surface area contributed by atoms with Crippen LogP contribution >= 0.6 is 0 Å². The molecule has 1 aromatic heterocycles. The van der Waals surface area contributed by atoms with E-state index in [0.29, 0.717) is 5.69 Å². The smallest absolute Gasteiger partial charge is 0.335 e. The van der Waals surface area contributed by atoms with Crippen LogP contribution in [0.3, 0.4) is 0 Å². The van der Waals surface area contributed by atoms with E-state index in [4.69, 9.17) is 10.8 Å². The molecule has 0 fully saturated rings. The molecule has 9 heteroatoms. The van der Waals surface area contributed by atoms with E-state index < -0.39 is 18.0 Å². The maximum Gasteiger partial charge on any atom is 0.335 e. The minimum Gasteiger partial charge on any atom is -0.478 e. The lowest BCUT2D eigenvalue weighted by Gasteiger charge is -2.07. The summed E-state index contributed by atoms with van der Waals surface area (Å²) in [5, 5.41) is 16.1. The summed E-state index contributed by atoms with van der Waals surface area (Å²) in [5.74, 6) is -1.06. The van der Waals surface area contributed by atoms with Crippen molar-refractivity contribution in [3.8, 4) is 0 Å². The second-order valence-electron chi connectivity index (χ2n) is 3.74. The Kier molecular flexibility index (Phi) is 5.75. The molecule has 0 spiro atoms. The van der Waals surface area contributed by atoms with E-state index in [1.807, 2.05) is 0 Å². The summed E-state index contributed by atoms with van der Waals surface area (Å²) in [4.78, 5) is 36.4. The van der Waals surface area contributed by atoms with E-state index >= 15 is 0 Å². The Bertz CT molecular complexity index is 505. The van der Waals surface area contributed by atoms with Crippen LogP contribution in [-0.4, -0.2) is 41.2 Å². The normalized spacial score (nSPS) is 9.60. The molecule has 0 saturated carbocycles. The summed E-state index contributed by atoms with van der Waals surface area (Å²) in [6.45, 7) is 0.531. The van der Waals surface area contributed by atoms with Crippen molar-refractivity contribution in [2.24, 2.45) is 5.73 Å². The molecule has 0 bridgehead atoms. The predicted octanol–water partition coefficient (Wildman–Crippen LogP) is -0.753. The topological polar surface area (TPSA) is 146 Å². The number of amides is 4. The molecule has 20 heavy (non-hydrogen) atoms. The van der Waals surface area contributed by atoms with Crippen molar-refractivity contribution in [2.45, 2.75) is 6.54 Å². The molecule has 0 atom stereocenters. The summed E-state index contributed by atoms with van der Waals surface area (Å²) in [6, 6.07) is 1.61. The predicted molar refractivity (Wildman–Crippen MR) is 69.0 cm³/mol. The van der Waals surface area contributed by atoms with Crippen molar-refractivity contribution in [1.29, 1.82) is 0 Å². The van der Waals surface area contributed by atoms with Crippen molar-refractivity contribution in [3.63, 3.8) is 0 Å². The third-order valence-corrected chi connectivity index (χ3v) is 2.20. The van der Waals surface area contributed by atoms with Crippen LogP contribution < -0.4 is 21.7 Å². The molecule has 4 amide bonds. The number of nitrogens with zero attached hydrogens (tertiary/aromatic N) is 1. The zero-order valence-electron chi connectivity index (χ0n) is 10.5. The lowest BCUT2D eigenvalue weighted by Crippen LogP contribution is -2.41. The quantitative estimate of drug-likeness (QED) is 0.435. The van der Waals surface area contributed by atoms with Gasteiger partial charge in [-0.05, 0) is 12.1 Å². The fraction of sp³-hybridized carbons (Fsp3) is 0.273. The Morgan fingerprint density at radius 1 is 1.20 bits per heavy atom.